The highest BCUT2D eigenvalue weighted by Gasteiger charge is 2.14. The highest BCUT2D eigenvalue weighted by molar-refractivity contribution is 6.13. The third kappa shape index (κ3) is 2.30. The van der Waals surface area contributed by atoms with E-state index in [0.717, 1.165) is 0 Å². The Balaban J connectivity index is 2.46. The summed E-state index contributed by atoms with van der Waals surface area (Å²) in [6.45, 7) is 0. The number of carbonyl (C=O) groups excluding carboxylic acids is 2. The molecule has 0 radical (unpaired) electrons. The van der Waals surface area contributed by atoms with Crippen molar-refractivity contribution in [2.24, 2.45) is 0 Å². The van der Waals surface area contributed by atoms with E-state index in [1.54, 1.807) is 43.4 Å². The van der Waals surface area contributed by atoms with Crippen molar-refractivity contribution in [2.45, 2.75) is 0 Å². The maximum atomic E-state index is 12.3. The Kier molecular flexibility index (Phi) is 3.53. The van der Waals surface area contributed by atoms with E-state index in [1.807, 2.05) is 18.2 Å². The number of hydrogen-bond donors (Lipinski definition) is 0. The lowest BCUT2D eigenvalue weighted by atomic mass is 10.0. The lowest BCUT2D eigenvalue weighted by Gasteiger charge is -2.15. The number of hydrogen-bond acceptors (Lipinski definition) is 2. The zero-order valence-electron chi connectivity index (χ0n) is 10.0. The molecule has 0 heterocycles. The van der Waals surface area contributed by atoms with Crippen LogP contribution in [0, 0.1) is 0 Å². The Morgan fingerprint density at radius 3 is 2.28 bits per heavy atom. The van der Waals surface area contributed by atoms with Gasteiger partial charge in [-0.1, -0.05) is 42.5 Å². The molecule has 0 saturated carbocycles. The van der Waals surface area contributed by atoms with E-state index < -0.39 is 0 Å². The molecule has 0 fully saturated rings. The molecule has 1 amide bonds. The summed E-state index contributed by atoms with van der Waals surface area (Å²) in [5, 5.41) is 0. The molecule has 18 heavy (non-hydrogen) atoms. The van der Waals surface area contributed by atoms with Crippen molar-refractivity contribution >= 4 is 17.9 Å². The second-order valence-electron chi connectivity index (χ2n) is 3.93. The number of anilines is 1. The van der Waals surface area contributed by atoms with Crippen LogP contribution in [-0.2, 0) is 4.79 Å². The first kappa shape index (κ1) is 12.0. The van der Waals surface area contributed by atoms with Crippen LogP contribution in [0.3, 0.4) is 0 Å². The van der Waals surface area contributed by atoms with E-state index in [0.29, 0.717) is 23.2 Å². The third-order valence-corrected chi connectivity index (χ3v) is 2.72. The van der Waals surface area contributed by atoms with Gasteiger partial charge < -0.3 is 4.90 Å². The van der Waals surface area contributed by atoms with Gasteiger partial charge in [-0.05, 0) is 12.1 Å². The van der Waals surface area contributed by atoms with Gasteiger partial charge in [0.2, 0.25) is 6.41 Å². The second-order valence-corrected chi connectivity index (χ2v) is 3.93. The Morgan fingerprint density at radius 1 is 1.00 bits per heavy atom. The minimum Gasteiger partial charge on any atom is -0.317 e. The zero-order valence-corrected chi connectivity index (χ0v) is 10.0. The minimum absolute atomic E-state index is 0.0834. The van der Waals surface area contributed by atoms with Gasteiger partial charge in [0.25, 0.3) is 0 Å². The summed E-state index contributed by atoms with van der Waals surface area (Å²) in [6.07, 6.45) is 0.692. The summed E-state index contributed by atoms with van der Waals surface area (Å²) < 4.78 is 0. The van der Waals surface area contributed by atoms with E-state index in [-0.39, 0.29) is 5.78 Å². The van der Waals surface area contributed by atoms with Crippen LogP contribution in [0.2, 0.25) is 0 Å². The molecule has 0 unspecified atom stereocenters. The maximum absolute atomic E-state index is 12.3. The van der Waals surface area contributed by atoms with Gasteiger partial charge in [-0.25, -0.2) is 0 Å². The second kappa shape index (κ2) is 5.27. The maximum Gasteiger partial charge on any atom is 0.213 e. The summed E-state index contributed by atoms with van der Waals surface area (Å²) in [4.78, 5) is 24.6. The number of amides is 1. The summed E-state index contributed by atoms with van der Waals surface area (Å²) in [7, 11) is 1.63. The molecule has 0 bridgehead atoms. The smallest absolute Gasteiger partial charge is 0.213 e. The van der Waals surface area contributed by atoms with E-state index in [4.69, 9.17) is 0 Å². The van der Waals surface area contributed by atoms with Gasteiger partial charge in [0.05, 0.1) is 5.69 Å². The largest absolute Gasteiger partial charge is 0.317 e. The predicted octanol–water partition coefficient (Wildman–Crippen LogP) is 2.51. The Hall–Kier alpha value is -2.42. The van der Waals surface area contributed by atoms with Crippen molar-refractivity contribution in [2.75, 3.05) is 11.9 Å². The molecule has 3 nitrogen and oxygen atoms in total. The fourth-order valence-electron chi connectivity index (χ4n) is 1.78. The molecule has 90 valence electrons. The monoisotopic (exact) mass is 239 g/mol. The first-order valence-electron chi connectivity index (χ1n) is 5.61. The first-order chi connectivity index (χ1) is 8.74. The number of para-hydroxylation sites is 1. The Morgan fingerprint density at radius 2 is 1.61 bits per heavy atom. The predicted molar refractivity (Wildman–Crippen MR) is 70.8 cm³/mol. The Bertz CT molecular complexity index is 564. The number of nitrogens with zero attached hydrogens (tertiary/aromatic N) is 1. The zero-order chi connectivity index (χ0) is 13.0. The fourth-order valence-corrected chi connectivity index (χ4v) is 1.78. The molecule has 0 atom stereocenters. The van der Waals surface area contributed by atoms with Gasteiger partial charge >= 0.3 is 0 Å². The molecule has 2 rings (SSSR count). The van der Waals surface area contributed by atoms with Crippen LogP contribution in [0.1, 0.15) is 15.9 Å². The number of carbonyl (C=O) groups is 2. The molecule has 0 spiro atoms. The molecule has 0 aliphatic carbocycles. The van der Waals surface area contributed by atoms with Crippen LogP contribution in [-0.4, -0.2) is 19.2 Å². The van der Waals surface area contributed by atoms with E-state index in [1.165, 1.54) is 4.90 Å². The van der Waals surface area contributed by atoms with Crippen LogP contribution >= 0.6 is 0 Å². The van der Waals surface area contributed by atoms with Crippen molar-refractivity contribution in [3.63, 3.8) is 0 Å². The van der Waals surface area contributed by atoms with Crippen LogP contribution in [0.4, 0.5) is 5.69 Å². The van der Waals surface area contributed by atoms with Gasteiger partial charge in [0.1, 0.15) is 0 Å². The molecule has 3 heteroatoms. The van der Waals surface area contributed by atoms with Gasteiger partial charge in [-0.15, -0.1) is 0 Å². The molecule has 0 aliphatic rings. The van der Waals surface area contributed by atoms with Crippen LogP contribution in [0.5, 0.6) is 0 Å². The molecule has 0 saturated heterocycles. The van der Waals surface area contributed by atoms with E-state index in [2.05, 4.69) is 0 Å². The van der Waals surface area contributed by atoms with Crippen LogP contribution in [0.15, 0.2) is 54.6 Å². The molecule has 0 aromatic heterocycles. The van der Waals surface area contributed by atoms with Gasteiger partial charge in [-0.3, -0.25) is 9.59 Å². The Labute approximate surface area is 106 Å². The van der Waals surface area contributed by atoms with Crippen molar-refractivity contribution < 1.29 is 9.59 Å². The number of ketones is 1. The summed E-state index contributed by atoms with van der Waals surface area (Å²) >= 11 is 0. The number of rotatable bonds is 4. The molecular formula is C15H13NO2. The average molecular weight is 239 g/mol. The normalized spacial score (nSPS) is 9.83. The highest BCUT2D eigenvalue weighted by atomic mass is 16.1. The van der Waals surface area contributed by atoms with E-state index >= 15 is 0 Å². The van der Waals surface area contributed by atoms with Crippen molar-refractivity contribution in [1.29, 1.82) is 0 Å². The van der Waals surface area contributed by atoms with E-state index in [9.17, 15) is 9.59 Å². The average Bonchev–Trinajstić information content (AvgIpc) is 2.46. The summed E-state index contributed by atoms with van der Waals surface area (Å²) in [6, 6.07) is 16.1. The molecule has 2 aromatic rings. The van der Waals surface area contributed by atoms with Crippen molar-refractivity contribution in [3.8, 4) is 0 Å². The third-order valence-electron chi connectivity index (χ3n) is 2.72. The molecule has 0 aliphatic heterocycles. The van der Waals surface area contributed by atoms with Gasteiger partial charge in [0, 0.05) is 18.2 Å². The minimum atomic E-state index is -0.0834. The lowest BCUT2D eigenvalue weighted by molar-refractivity contribution is -0.107. The summed E-state index contributed by atoms with van der Waals surface area (Å²) in [5.41, 5.74) is 1.75. The molecular weight excluding hydrogens is 226 g/mol. The quantitative estimate of drug-likeness (QED) is 0.607. The molecule has 0 N–H and O–H groups in total. The highest BCUT2D eigenvalue weighted by Crippen LogP contribution is 2.21. The van der Waals surface area contributed by atoms with Crippen LogP contribution < -0.4 is 4.90 Å². The SMILES string of the molecule is CN(C=O)c1ccccc1C(=O)c1ccccc1. The number of benzene rings is 2. The topological polar surface area (TPSA) is 37.4 Å². The molecule has 2 aromatic carbocycles. The fraction of sp³-hybridized carbons (Fsp3) is 0.0667. The summed E-state index contributed by atoms with van der Waals surface area (Å²) in [5.74, 6) is -0.0834. The lowest BCUT2D eigenvalue weighted by Crippen LogP contribution is -2.17. The van der Waals surface area contributed by atoms with Crippen LogP contribution in [0.25, 0.3) is 0 Å². The standard InChI is InChI=1S/C15H13NO2/c1-16(11-17)14-10-6-5-9-13(14)15(18)12-7-3-2-4-8-12/h2-11H,1H3. The van der Waals surface area contributed by atoms with Gasteiger partial charge in [-0.2, -0.15) is 0 Å². The first-order valence-corrected chi connectivity index (χ1v) is 5.61. The van der Waals surface area contributed by atoms with Crippen molar-refractivity contribution in [1.82, 2.24) is 0 Å². The van der Waals surface area contributed by atoms with Gasteiger partial charge in [0.15, 0.2) is 5.78 Å². The van der Waals surface area contributed by atoms with Crippen molar-refractivity contribution in [3.05, 3.63) is 65.7 Å².